The maximum absolute atomic E-state index is 11.9. The van der Waals surface area contributed by atoms with Gasteiger partial charge < -0.3 is 15.4 Å². The number of rotatable bonds is 4. The molecule has 0 aliphatic carbocycles. The third-order valence-corrected chi connectivity index (χ3v) is 2.97. The summed E-state index contributed by atoms with van der Waals surface area (Å²) in [5.74, 6) is 0.900. The van der Waals surface area contributed by atoms with Crippen LogP contribution in [-0.2, 0) is 4.79 Å². The van der Waals surface area contributed by atoms with Crippen molar-refractivity contribution in [3.8, 4) is 5.75 Å². The minimum Gasteiger partial charge on any atom is -0.491 e. The smallest absolute Gasteiger partial charge is 0.224 e. The molecule has 0 spiro atoms. The summed E-state index contributed by atoms with van der Waals surface area (Å²) in [6, 6.07) is 7.81. The number of fused-ring (bicyclic) bond motifs is 1. The monoisotopic (exact) mass is 270 g/mol. The fraction of sp³-hybridized carbons (Fsp3) is 0.462. The Hall–Kier alpha value is -1.26. The number of carbonyl (C=O) groups excluding carboxylic acids is 1. The van der Waals surface area contributed by atoms with Gasteiger partial charge in [-0.15, -0.1) is 12.4 Å². The molecular weight excluding hydrogens is 252 g/mol. The van der Waals surface area contributed by atoms with Crippen LogP contribution in [0.15, 0.2) is 24.3 Å². The van der Waals surface area contributed by atoms with E-state index in [0.29, 0.717) is 13.2 Å². The molecular formula is C13H19ClN2O2. The zero-order valence-electron chi connectivity index (χ0n) is 10.6. The van der Waals surface area contributed by atoms with E-state index in [9.17, 15) is 4.79 Å². The van der Waals surface area contributed by atoms with Crippen LogP contribution < -0.4 is 15.4 Å². The largest absolute Gasteiger partial charge is 0.491 e. The maximum Gasteiger partial charge on any atom is 0.224 e. The molecule has 1 aliphatic heterocycles. The minimum atomic E-state index is -0.0345. The van der Waals surface area contributed by atoms with Gasteiger partial charge in [0.25, 0.3) is 0 Å². The summed E-state index contributed by atoms with van der Waals surface area (Å²) >= 11 is 0. The van der Waals surface area contributed by atoms with Crippen molar-refractivity contribution in [2.45, 2.75) is 13.0 Å². The lowest BCUT2D eigenvalue weighted by Crippen LogP contribution is -2.37. The Kier molecular flexibility index (Phi) is 5.44. The number of benzene rings is 1. The molecule has 1 amide bonds. The highest BCUT2D eigenvalue weighted by molar-refractivity contribution is 5.85. The van der Waals surface area contributed by atoms with Gasteiger partial charge in [-0.3, -0.25) is 4.79 Å². The highest BCUT2D eigenvalue weighted by Crippen LogP contribution is 2.31. The first-order chi connectivity index (χ1) is 8.22. The van der Waals surface area contributed by atoms with Gasteiger partial charge >= 0.3 is 0 Å². The molecule has 18 heavy (non-hydrogen) atoms. The lowest BCUT2D eigenvalue weighted by Gasteiger charge is -2.15. The molecule has 100 valence electrons. The van der Waals surface area contributed by atoms with Crippen molar-refractivity contribution in [2.75, 3.05) is 20.2 Å². The summed E-state index contributed by atoms with van der Waals surface area (Å²) in [5, 5.41) is 6.02. The molecule has 0 saturated carbocycles. The summed E-state index contributed by atoms with van der Waals surface area (Å²) in [5.41, 5.74) is 1.07. The van der Waals surface area contributed by atoms with Crippen molar-refractivity contribution in [1.82, 2.24) is 10.6 Å². The van der Waals surface area contributed by atoms with Crippen LogP contribution in [0.25, 0.3) is 0 Å². The summed E-state index contributed by atoms with van der Waals surface area (Å²) < 4.78 is 5.52. The fourth-order valence-electron chi connectivity index (χ4n) is 2.00. The number of carbonyl (C=O) groups is 1. The molecule has 0 radical (unpaired) electrons. The lowest BCUT2D eigenvalue weighted by molar-refractivity contribution is -0.125. The zero-order valence-corrected chi connectivity index (χ0v) is 11.4. The molecule has 0 fully saturated rings. The quantitative estimate of drug-likeness (QED) is 0.872. The van der Waals surface area contributed by atoms with Crippen molar-refractivity contribution < 1.29 is 9.53 Å². The van der Waals surface area contributed by atoms with Gasteiger partial charge in [0, 0.05) is 18.0 Å². The van der Waals surface area contributed by atoms with E-state index in [2.05, 4.69) is 10.6 Å². The molecule has 5 heteroatoms. The van der Waals surface area contributed by atoms with Crippen LogP contribution in [0.3, 0.4) is 0 Å². The van der Waals surface area contributed by atoms with Crippen molar-refractivity contribution in [1.29, 1.82) is 0 Å². The van der Waals surface area contributed by atoms with E-state index in [1.165, 1.54) is 0 Å². The predicted octanol–water partition coefficient (Wildman–Crippen LogP) is 1.51. The van der Waals surface area contributed by atoms with Gasteiger partial charge in [-0.05, 0) is 13.1 Å². The molecule has 1 aromatic carbocycles. The molecule has 2 N–H and O–H groups in total. The Bertz CT molecular complexity index is 412. The van der Waals surface area contributed by atoms with Crippen molar-refractivity contribution in [3.05, 3.63) is 29.8 Å². The Labute approximate surface area is 114 Å². The van der Waals surface area contributed by atoms with Gasteiger partial charge in [-0.25, -0.2) is 0 Å². The first kappa shape index (κ1) is 14.8. The van der Waals surface area contributed by atoms with E-state index >= 15 is 0 Å². The first-order valence-electron chi connectivity index (χ1n) is 5.89. The Balaban J connectivity index is 0.00000162. The SMILES string of the molecule is CNCC(C)C(=O)NC1COc2ccccc21.Cl. The standard InChI is InChI=1S/C13H18N2O2.ClH/c1-9(7-14-2)13(16)15-11-8-17-12-6-4-3-5-10(11)12;/h3-6,9,11,14H,7-8H2,1-2H3,(H,15,16);1H. The third-order valence-electron chi connectivity index (χ3n) is 2.97. The molecule has 2 unspecified atom stereocenters. The first-order valence-corrected chi connectivity index (χ1v) is 5.89. The van der Waals surface area contributed by atoms with E-state index in [1.807, 2.05) is 38.2 Å². The van der Waals surface area contributed by atoms with E-state index < -0.39 is 0 Å². The van der Waals surface area contributed by atoms with Gasteiger partial charge in [0.15, 0.2) is 0 Å². The van der Waals surface area contributed by atoms with Crippen LogP contribution in [0, 0.1) is 5.92 Å². The molecule has 0 saturated heterocycles. The average molecular weight is 271 g/mol. The van der Waals surface area contributed by atoms with E-state index in [4.69, 9.17) is 4.74 Å². The Morgan fingerprint density at radius 2 is 2.22 bits per heavy atom. The van der Waals surface area contributed by atoms with Crippen LogP contribution in [0.4, 0.5) is 0 Å². The molecule has 0 aromatic heterocycles. The van der Waals surface area contributed by atoms with Crippen LogP contribution in [-0.4, -0.2) is 26.1 Å². The summed E-state index contributed by atoms with van der Waals surface area (Å²) in [7, 11) is 1.85. The lowest BCUT2D eigenvalue weighted by atomic mass is 10.1. The number of hydrogen-bond donors (Lipinski definition) is 2. The average Bonchev–Trinajstić information content (AvgIpc) is 2.73. The Morgan fingerprint density at radius 3 is 2.94 bits per heavy atom. The molecule has 0 bridgehead atoms. The van der Waals surface area contributed by atoms with Crippen molar-refractivity contribution in [2.24, 2.45) is 5.92 Å². The zero-order chi connectivity index (χ0) is 12.3. The molecule has 2 atom stereocenters. The molecule has 1 heterocycles. The number of nitrogens with one attached hydrogen (secondary N) is 2. The molecule has 4 nitrogen and oxygen atoms in total. The predicted molar refractivity (Wildman–Crippen MR) is 73.2 cm³/mol. The summed E-state index contributed by atoms with van der Waals surface area (Å²) in [6.45, 7) is 3.12. The minimum absolute atomic E-state index is 0. The normalized spacial score (nSPS) is 18.2. The van der Waals surface area contributed by atoms with Gasteiger partial charge in [0.2, 0.25) is 5.91 Å². The van der Waals surface area contributed by atoms with Crippen LogP contribution in [0.2, 0.25) is 0 Å². The maximum atomic E-state index is 11.9. The summed E-state index contributed by atoms with van der Waals surface area (Å²) in [6.07, 6.45) is 0. The second-order valence-electron chi connectivity index (χ2n) is 4.37. The highest BCUT2D eigenvalue weighted by Gasteiger charge is 2.26. The van der Waals surface area contributed by atoms with E-state index in [1.54, 1.807) is 0 Å². The molecule has 1 aromatic rings. The van der Waals surface area contributed by atoms with Crippen LogP contribution >= 0.6 is 12.4 Å². The van der Waals surface area contributed by atoms with Gasteiger partial charge in [-0.1, -0.05) is 25.1 Å². The highest BCUT2D eigenvalue weighted by atomic mass is 35.5. The number of amides is 1. The van der Waals surface area contributed by atoms with Gasteiger partial charge in [0.05, 0.1) is 6.04 Å². The van der Waals surface area contributed by atoms with Gasteiger partial charge in [-0.2, -0.15) is 0 Å². The van der Waals surface area contributed by atoms with Crippen LogP contribution in [0.5, 0.6) is 5.75 Å². The fourth-order valence-corrected chi connectivity index (χ4v) is 2.00. The van der Waals surface area contributed by atoms with E-state index in [0.717, 1.165) is 11.3 Å². The van der Waals surface area contributed by atoms with Crippen LogP contribution in [0.1, 0.15) is 18.5 Å². The number of hydrogen-bond acceptors (Lipinski definition) is 3. The second-order valence-corrected chi connectivity index (χ2v) is 4.37. The number of para-hydroxylation sites is 1. The summed E-state index contributed by atoms with van der Waals surface area (Å²) in [4.78, 5) is 11.9. The molecule has 2 rings (SSSR count). The Morgan fingerprint density at radius 1 is 1.50 bits per heavy atom. The molecule has 1 aliphatic rings. The third kappa shape index (κ3) is 3.15. The second kappa shape index (κ2) is 6.61. The number of halogens is 1. The number of ether oxygens (including phenoxy) is 1. The van der Waals surface area contributed by atoms with Crippen molar-refractivity contribution in [3.63, 3.8) is 0 Å². The van der Waals surface area contributed by atoms with E-state index in [-0.39, 0.29) is 30.3 Å². The van der Waals surface area contributed by atoms with Gasteiger partial charge in [0.1, 0.15) is 12.4 Å². The topological polar surface area (TPSA) is 50.4 Å². The van der Waals surface area contributed by atoms with Crippen molar-refractivity contribution >= 4 is 18.3 Å².